The Hall–Kier alpha value is -1.27. The molecule has 2 amide bonds. The van der Waals surface area contributed by atoms with Crippen LogP contribution in [0.5, 0.6) is 5.75 Å². The van der Waals surface area contributed by atoms with Gasteiger partial charge in [0.2, 0.25) is 5.91 Å². The average molecular weight is 376 g/mol. The molecule has 1 aliphatic rings. The Morgan fingerprint density at radius 2 is 2.19 bits per heavy atom. The predicted molar refractivity (Wildman–Crippen MR) is 83.2 cm³/mol. The second-order valence-corrected chi connectivity index (χ2v) is 6.19. The molecule has 1 aromatic rings. The number of benzene rings is 1. The molecule has 0 aliphatic carbocycles. The van der Waals surface area contributed by atoms with Crippen LogP contribution in [-0.4, -0.2) is 35.9 Å². The molecule has 1 aromatic carbocycles. The average Bonchev–Trinajstić information content (AvgIpc) is 2.46. The van der Waals surface area contributed by atoms with E-state index < -0.39 is 11.9 Å². The first-order chi connectivity index (χ1) is 9.99. The van der Waals surface area contributed by atoms with Crippen molar-refractivity contribution in [2.24, 2.45) is 5.73 Å². The highest BCUT2D eigenvalue weighted by molar-refractivity contribution is 9.10. The van der Waals surface area contributed by atoms with Gasteiger partial charge in [-0.2, -0.15) is 0 Å². The van der Waals surface area contributed by atoms with Gasteiger partial charge in [0.05, 0.1) is 5.02 Å². The van der Waals surface area contributed by atoms with E-state index in [1.807, 2.05) is 0 Å². The number of carbonyl (C=O) groups is 2. The third kappa shape index (κ3) is 4.11. The standard InChI is InChI=1S/C14H16BrClN2O3/c15-9-4-5-12(10(16)7-9)21-8-13(19)18-6-2-1-3-11(18)14(17)20/h4-5,7,11H,1-3,6,8H2,(H2,17,20). The van der Waals surface area contributed by atoms with Crippen LogP contribution in [0.15, 0.2) is 22.7 Å². The highest BCUT2D eigenvalue weighted by Crippen LogP contribution is 2.28. The minimum Gasteiger partial charge on any atom is -0.482 e. The third-order valence-corrected chi connectivity index (χ3v) is 4.19. The van der Waals surface area contributed by atoms with E-state index in [9.17, 15) is 9.59 Å². The number of carbonyl (C=O) groups excluding carboxylic acids is 2. The SMILES string of the molecule is NC(=O)C1CCCCN1C(=O)COc1ccc(Br)cc1Cl. The van der Waals surface area contributed by atoms with Crippen molar-refractivity contribution in [3.05, 3.63) is 27.7 Å². The molecule has 1 heterocycles. The number of primary amides is 1. The van der Waals surface area contributed by atoms with Gasteiger partial charge in [0, 0.05) is 11.0 Å². The van der Waals surface area contributed by atoms with E-state index in [0.717, 1.165) is 17.3 Å². The van der Waals surface area contributed by atoms with E-state index in [-0.39, 0.29) is 12.5 Å². The number of amides is 2. The Morgan fingerprint density at radius 3 is 2.86 bits per heavy atom. The van der Waals surface area contributed by atoms with Crippen molar-refractivity contribution in [1.29, 1.82) is 0 Å². The summed E-state index contributed by atoms with van der Waals surface area (Å²) in [5.74, 6) is -0.289. The van der Waals surface area contributed by atoms with Gasteiger partial charge in [-0.05, 0) is 37.5 Å². The summed E-state index contributed by atoms with van der Waals surface area (Å²) in [5, 5.41) is 0.419. The van der Waals surface area contributed by atoms with Crippen LogP contribution in [0.1, 0.15) is 19.3 Å². The van der Waals surface area contributed by atoms with Crippen molar-refractivity contribution >= 4 is 39.3 Å². The lowest BCUT2D eigenvalue weighted by molar-refractivity contribution is -0.142. The molecule has 0 saturated carbocycles. The van der Waals surface area contributed by atoms with Crippen molar-refractivity contribution in [3.8, 4) is 5.75 Å². The summed E-state index contributed by atoms with van der Waals surface area (Å²) in [6, 6.07) is 4.62. The van der Waals surface area contributed by atoms with Crippen LogP contribution in [0.3, 0.4) is 0 Å². The summed E-state index contributed by atoms with van der Waals surface area (Å²) in [7, 11) is 0. The summed E-state index contributed by atoms with van der Waals surface area (Å²) in [5.41, 5.74) is 5.34. The van der Waals surface area contributed by atoms with E-state index in [0.29, 0.717) is 23.7 Å². The van der Waals surface area contributed by atoms with Crippen molar-refractivity contribution < 1.29 is 14.3 Å². The fourth-order valence-electron chi connectivity index (χ4n) is 2.34. The summed E-state index contributed by atoms with van der Waals surface area (Å²) in [6.45, 7) is 0.370. The Balaban J connectivity index is 1.98. The molecule has 0 aromatic heterocycles. The monoisotopic (exact) mass is 374 g/mol. The van der Waals surface area contributed by atoms with Crippen molar-refractivity contribution in [2.45, 2.75) is 25.3 Å². The highest BCUT2D eigenvalue weighted by Gasteiger charge is 2.30. The number of ether oxygens (including phenoxy) is 1. The number of piperidine rings is 1. The Morgan fingerprint density at radius 1 is 1.43 bits per heavy atom. The third-order valence-electron chi connectivity index (χ3n) is 3.40. The fraction of sp³-hybridized carbons (Fsp3) is 0.429. The van der Waals surface area contributed by atoms with Gasteiger partial charge in [0.25, 0.3) is 5.91 Å². The zero-order chi connectivity index (χ0) is 15.4. The van der Waals surface area contributed by atoms with Crippen molar-refractivity contribution in [2.75, 3.05) is 13.2 Å². The number of nitrogens with zero attached hydrogens (tertiary/aromatic N) is 1. The van der Waals surface area contributed by atoms with Gasteiger partial charge in [0.1, 0.15) is 11.8 Å². The van der Waals surface area contributed by atoms with Crippen LogP contribution in [0.4, 0.5) is 0 Å². The van der Waals surface area contributed by atoms with Crippen LogP contribution in [0, 0.1) is 0 Å². The molecule has 1 fully saturated rings. The van der Waals surface area contributed by atoms with Gasteiger partial charge in [0.15, 0.2) is 6.61 Å². The largest absolute Gasteiger partial charge is 0.482 e. The molecule has 2 rings (SSSR count). The molecule has 114 valence electrons. The van der Waals surface area contributed by atoms with Gasteiger partial charge in [-0.15, -0.1) is 0 Å². The Labute approximate surface area is 136 Å². The van der Waals surface area contributed by atoms with E-state index in [4.69, 9.17) is 22.1 Å². The van der Waals surface area contributed by atoms with Crippen LogP contribution in [0.25, 0.3) is 0 Å². The molecule has 1 atom stereocenters. The lowest BCUT2D eigenvalue weighted by atomic mass is 10.0. The lowest BCUT2D eigenvalue weighted by Crippen LogP contribution is -2.51. The number of rotatable bonds is 4. The van der Waals surface area contributed by atoms with E-state index >= 15 is 0 Å². The van der Waals surface area contributed by atoms with Gasteiger partial charge in [-0.3, -0.25) is 9.59 Å². The number of halogens is 2. The number of hydrogen-bond acceptors (Lipinski definition) is 3. The molecule has 1 saturated heterocycles. The van der Waals surface area contributed by atoms with Crippen LogP contribution in [-0.2, 0) is 9.59 Å². The summed E-state index contributed by atoms with van der Waals surface area (Å²) < 4.78 is 6.27. The zero-order valence-electron chi connectivity index (χ0n) is 11.4. The molecular formula is C14H16BrClN2O3. The normalized spacial score (nSPS) is 18.4. The van der Waals surface area contributed by atoms with Gasteiger partial charge < -0.3 is 15.4 Å². The number of likely N-dealkylation sites (tertiary alicyclic amines) is 1. The first kappa shape index (κ1) is 16.1. The minimum atomic E-state index is -0.532. The predicted octanol–water partition coefficient (Wildman–Crippen LogP) is 2.35. The molecule has 5 nitrogen and oxygen atoms in total. The summed E-state index contributed by atoms with van der Waals surface area (Å²) in [6.07, 6.45) is 2.38. The Bertz CT molecular complexity index is 553. The van der Waals surface area contributed by atoms with Crippen LogP contribution >= 0.6 is 27.5 Å². The van der Waals surface area contributed by atoms with Crippen LogP contribution < -0.4 is 10.5 Å². The molecule has 2 N–H and O–H groups in total. The summed E-state index contributed by atoms with van der Waals surface area (Å²) in [4.78, 5) is 25.1. The molecule has 1 unspecified atom stereocenters. The van der Waals surface area contributed by atoms with E-state index in [1.165, 1.54) is 4.90 Å². The second-order valence-electron chi connectivity index (χ2n) is 4.86. The smallest absolute Gasteiger partial charge is 0.261 e. The van der Waals surface area contributed by atoms with Crippen molar-refractivity contribution in [3.63, 3.8) is 0 Å². The van der Waals surface area contributed by atoms with E-state index in [2.05, 4.69) is 15.9 Å². The lowest BCUT2D eigenvalue weighted by Gasteiger charge is -2.33. The Kier molecular flexibility index (Phi) is 5.47. The molecule has 21 heavy (non-hydrogen) atoms. The highest BCUT2D eigenvalue weighted by atomic mass is 79.9. The maximum atomic E-state index is 12.2. The van der Waals surface area contributed by atoms with Gasteiger partial charge in [-0.25, -0.2) is 0 Å². The molecule has 0 spiro atoms. The molecule has 1 aliphatic heterocycles. The number of hydrogen-bond donors (Lipinski definition) is 1. The number of nitrogens with two attached hydrogens (primary N) is 1. The maximum absolute atomic E-state index is 12.2. The van der Waals surface area contributed by atoms with Crippen LogP contribution in [0.2, 0.25) is 5.02 Å². The van der Waals surface area contributed by atoms with Gasteiger partial charge >= 0.3 is 0 Å². The first-order valence-electron chi connectivity index (χ1n) is 6.65. The summed E-state index contributed by atoms with van der Waals surface area (Å²) >= 11 is 9.32. The zero-order valence-corrected chi connectivity index (χ0v) is 13.7. The molecule has 0 radical (unpaired) electrons. The molecular weight excluding hydrogens is 360 g/mol. The molecule has 0 bridgehead atoms. The van der Waals surface area contributed by atoms with Gasteiger partial charge in [-0.1, -0.05) is 27.5 Å². The quantitative estimate of drug-likeness (QED) is 0.878. The topological polar surface area (TPSA) is 72.6 Å². The fourth-order valence-corrected chi connectivity index (χ4v) is 3.07. The minimum absolute atomic E-state index is 0.162. The van der Waals surface area contributed by atoms with E-state index in [1.54, 1.807) is 18.2 Å². The first-order valence-corrected chi connectivity index (χ1v) is 7.83. The second kappa shape index (κ2) is 7.13. The van der Waals surface area contributed by atoms with Crippen molar-refractivity contribution in [1.82, 2.24) is 4.90 Å². The molecule has 7 heteroatoms. The maximum Gasteiger partial charge on any atom is 0.261 e.